The van der Waals surface area contributed by atoms with Gasteiger partial charge in [-0.05, 0) is 24.4 Å². The zero-order valence-corrected chi connectivity index (χ0v) is 14.3. The fourth-order valence-corrected chi connectivity index (χ4v) is 3.56. The Bertz CT molecular complexity index is 409. The zero-order valence-electron chi connectivity index (χ0n) is 13.5. The first-order valence-corrected chi connectivity index (χ1v) is 8.61. The molecule has 0 saturated heterocycles. The van der Waals surface area contributed by atoms with Crippen LogP contribution in [-0.4, -0.2) is 30.6 Å². The first kappa shape index (κ1) is 18.1. The van der Waals surface area contributed by atoms with E-state index in [0.29, 0.717) is 16.9 Å². The Morgan fingerprint density at radius 1 is 1.29 bits per heavy atom. The third kappa shape index (κ3) is 6.10. The van der Waals surface area contributed by atoms with Crippen LogP contribution in [0.5, 0.6) is 0 Å². The summed E-state index contributed by atoms with van der Waals surface area (Å²) in [7, 11) is 1.44. The molecule has 1 aromatic carbocycles. The fraction of sp³-hybridized carbons (Fsp3) is 0.588. The van der Waals surface area contributed by atoms with E-state index < -0.39 is 0 Å². The molecule has 0 fully saturated rings. The van der Waals surface area contributed by atoms with Gasteiger partial charge in [0, 0.05) is 11.3 Å². The molecule has 0 aromatic heterocycles. The SMILES string of the molecule is CCCNC(c1ccccc1)C(SCC(=O)OC)C(C)C. The van der Waals surface area contributed by atoms with Crippen LogP contribution in [0.4, 0.5) is 0 Å². The van der Waals surface area contributed by atoms with E-state index in [9.17, 15) is 4.79 Å². The van der Waals surface area contributed by atoms with Crippen molar-refractivity contribution in [3.05, 3.63) is 35.9 Å². The highest BCUT2D eigenvalue weighted by Gasteiger charge is 2.26. The van der Waals surface area contributed by atoms with E-state index in [1.165, 1.54) is 12.7 Å². The van der Waals surface area contributed by atoms with Gasteiger partial charge in [0.25, 0.3) is 0 Å². The first-order chi connectivity index (χ1) is 10.1. The van der Waals surface area contributed by atoms with Crippen molar-refractivity contribution in [2.75, 3.05) is 19.4 Å². The van der Waals surface area contributed by atoms with E-state index in [4.69, 9.17) is 4.74 Å². The lowest BCUT2D eigenvalue weighted by Gasteiger charge is -2.31. The highest BCUT2D eigenvalue weighted by atomic mass is 32.2. The van der Waals surface area contributed by atoms with Crippen molar-refractivity contribution in [2.45, 2.75) is 38.5 Å². The smallest absolute Gasteiger partial charge is 0.315 e. The van der Waals surface area contributed by atoms with Crippen LogP contribution in [0.25, 0.3) is 0 Å². The van der Waals surface area contributed by atoms with Crippen LogP contribution in [0.2, 0.25) is 0 Å². The summed E-state index contributed by atoms with van der Waals surface area (Å²) in [6.07, 6.45) is 1.09. The second-order valence-corrected chi connectivity index (χ2v) is 6.60. The van der Waals surface area contributed by atoms with Gasteiger partial charge in [0.1, 0.15) is 0 Å². The molecule has 1 rings (SSSR count). The topological polar surface area (TPSA) is 38.3 Å². The van der Waals surface area contributed by atoms with Gasteiger partial charge >= 0.3 is 5.97 Å². The van der Waals surface area contributed by atoms with Crippen LogP contribution < -0.4 is 5.32 Å². The Morgan fingerprint density at radius 3 is 2.48 bits per heavy atom. The minimum atomic E-state index is -0.159. The van der Waals surface area contributed by atoms with Gasteiger partial charge in [-0.1, -0.05) is 51.1 Å². The molecular formula is C17H27NO2S. The average Bonchev–Trinajstić information content (AvgIpc) is 2.50. The zero-order chi connectivity index (χ0) is 15.7. The summed E-state index contributed by atoms with van der Waals surface area (Å²) in [5.41, 5.74) is 1.28. The van der Waals surface area contributed by atoms with Gasteiger partial charge in [-0.15, -0.1) is 11.8 Å². The number of methoxy groups -OCH3 is 1. The lowest BCUT2D eigenvalue weighted by Crippen LogP contribution is -2.34. The van der Waals surface area contributed by atoms with Gasteiger partial charge in [0.05, 0.1) is 12.9 Å². The summed E-state index contributed by atoms with van der Waals surface area (Å²) in [5.74, 6) is 0.707. The minimum absolute atomic E-state index is 0.159. The molecule has 0 aliphatic heterocycles. The summed E-state index contributed by atoms with van der Waals surface area (Å²) < 4.78 is 4.77. The van der Waals surface area contributed by atoms with Crippen molar-refractivity contribution in [1.82, 2.24) is 5.32 Å². The van der Waals surface area contributed by atoms with E-state index in [-0.39, 0.29) is 12.0 Å². The van der Waals surface area contributed by atoms with Crippen molar-refractivity contribution < 1.29 is 9.53 Å². The predicted octanol–water partition coefficient (Wildman–Crippen LogP) is 3.66. The van der Waals surface area contributed by atoms with E-state index in [2.05, 4.69) is 50.4 Å². The second kappa shape index (κ2) is 9.85. The standard InChI is InChI=1S/C17H27NO2S/c1-5-11-18-16(14-9-7-6-8-10-14)17(13(2)3)21-12-15(19)20-4/h6-10,13,16-18H,5,11-12H2,1-4H3. The Kier molecular flexibility index (Phi) is 8.47. The lowest BCUT2D eigenvalue weighted by atomic mass is 9.96. The van der Waals surface area contributed by atoms with Crippen LogP contribution in [0.3, 0.4) is 0 Å². The monoisotopic (exact) mass is 309 g/mol. The Morgan fingerprint density at radius 2 is 1.95 bits per heavy atom. The summed E-state index contributed by atoms with van der Waals surface area (Å²) >= 11 is 1.68. The van der Waals surface area contributed by atoms with Gasteiger partial charge in [0.15, 0.2) is 0 Å². The highest BCUT2D eigenvalue weighted by molar-refractivity contribution is 8.00. The normalized spacial score (nSPS) is 14.0. The van der Waals surface area contributed by atoms with Gasteiger partial charge in [-0.2, -0.15) is 0 Å². The number of esters is 1. The maximum Gasteiger partial charge on any atom is 0.315 e. The molecule has 0 bridgehead atoms. The van der Waals surface area contributed by atoms with Gasteiger partial charge in [0.2, 0.25) is 0 Å². The maximum absolute atomic E-state index is 11.4. The molecule has 0 aliphatic rings. The molecule has 0 heterocycles. The average molecular weight is 309 g/mol. The fourth-order valence-electron chi connectivity index (χ4n) is 2.28. The molecule has 118 valence electrons. The number of ether oxygens (including phenoxy) is 1. The molecular weight excluding hydrogens is 282 g/mol. The number of rotatable bonds is 9. The number of nitrogens with one attached hydrogen (secondary N) is 1. The molecule has 1 aromatic rings. The largest absolute Gasteiger partial charge is 0.468 e. The molecule has 4 heteroatoms. The maximum atomic E-state index is 11.4. The third-order valence-electron chi connectivity index (χ3n) is 3.38. The van der Waals surface area contributed by atoms with Gasteiger partial charge in [-0.25, -0.2) is 0 Å². The molecule has 2 unspecified atom stereocenters. The summed E-state index contributed by atoms with van der Waals surface area (Å²) in [5, 5.41) is 3.97. The van der Waals surface area contributed by atoms with Crippen molar-refractivity contribution in [1.29, 1.82) is 0 Å². The quantitative estimate of drug-likeness (QED) is 0.707. The Hall–Kier alpha value is -1.00. The van der Waals surface area contributed by atoms with E-state index >= 15 is 0 Å². The number of hydrogen-bond donors (Lipinski definition) is 1. The molecule has 3 nitrogen and oxygen atoms in total. The summed E-state index contributed by atoms with van der Waals surface area (Å²) in [6.45, 7) is 7.56. The van der Waals surface area contributed by atoms with Crippen molar-refractivity contribution >= 4 is 17.7 Å². The number of hydrogen-bond acceptors (Lipinski definition) is 4. The van der Waals surface area contributed by atoms with Gasteiger partial charge in [-0.3, -0.25) is 4.79 Å². The third-order valence-corrected chi connectivity index (χ3v) is 4.98. The summed E-state index contributed by atoms with van der Waals surface area (Å²) in [4.78, 5) is 11.4. The number of carbonyl (C=O) groups is 1. The molecule has 0 aliphatic carbocycles. The Labute approximate surface area is 132 Å². The Balaban J connectivity index is 2.87. The van der Waals surface area contributed by atoms with E-state index in [0.717, 1.165) is 13.0 Å². The van der Waals surface area contributed by atoms with Crippen LogP contribution in [-0.2, 0) is 9.53 Å². The first-order valence-electron chi connectivity index (χ1n) is 7.56. The van der Waals surface area contributed by atoms with Crippen LogP contribution >= 0.6 is 11.8 Å². The van der Waals surface area contributed by atoms with Crippen molar-refractivity contribution in [3.8, 4) is 0 Å². The van der Waals surface area contributed by atoms with Crippen LogP contribution in [0.1, 0.15) is 38.8 Å². The number of benzene rings is 1. The summed E-state index contributed by atoms with van der Waals surface area (Å²) in [6, 6.07) is 10.7. The molecule has 0 amide bonds. The van der Waals surface area contributed by atoms with Crippen LogP contribution in [0, 0.1) is 5.92 Å². The highest BCUT2D eigenvalue weighted by Crippen LogP contribution is 2.32. The van der Waals surface area contributed by atoms with E-state index in [1.54, 1.807) is 11.8 Å². The van der Waals surface area contributed by atoms with E-state index in [1.807, 2.05) is 6.07 Å². The van der Waals surface area contributed by atoms with Crippen LogP contribution in [0.15, 0.2) is 30.3 Å². The van der Waals surface area contributed by atoms with Crippen molar-refractivity contribution in [2.24, 2.45) is 5.92 Å². The number of thioether (sulfide) groups is 1. The molecule has 2 atom stereocenters. The number of carbonyl (C=O) groups excluding carboxylic acids is 1. The molecule has 1 N–H and O–H groups in total. The molecule has 0 radical (unpaired) electrons. The molecule has 0 spiro atoms. The minimum Gasteiger partial charge on any atom is -0.468 e. The van der Waals surface area contributed by atoms with Crippen molar-refractivity contribution in [3.63, 3.8) is 0 Å². The van der Waals surface area contributed by atoms with Gasteiger partial charge < -0.3 is 10.1 Å². The second-order valence-electron chi connectivity index (χ2n) is 5.44. The molecule has 0 saturated carbocycles. The lowest BCUT2D eigenvalue weighted by molar-refractivity contribution is -0.137. The predicted molar refractivity (Wildman–Crippen MR) is 90.6 cm³/mol. The molecule has 21 heavy (non-hydrogen) atoms.